The maximum atomic E-state index is 13.1. The third kappa shape index (κ3) is 6.06. The van der Waals surface area contributed by atoms with Gasteiger partial charge in [-0.2, -0.15) is 0 Å². The molecule has 4 rings (SSSR count). The van der Waals surface area contributed by atoms with E-state index in [2.05, 4.69) is 10.0 Å². The Hall–Kier alpha value is -3.26. The van der Waals surface area contributed by atoms with Crippen LogP contribution in [0.2, 0.25) is 5.02 Å². The molecule has 178 valence electrons. The molecule has 0 bridgehead atoms. The summed E-state index contributed by atoms with van der Waals surface area (Å²) in [7, 11) is -4.02. The minimum absolute atomic E-state index is 0.0258. The van der Waals surface area contributed by atoms with E-state index in [1.165, 1.54) is 30.0 Å². The van der Waals surface area contributed by atoms with Crippen molar-refractivity contribution in [3.05, 3.63) is 113 Å². The Labute approximate surface area is 214 Å². The molecule has 4 aromatic rings. The van der Waals surface area contributed by atoms with Gasteiger partial charge in [0.15, 0.2) is 0 Å². The number of para-hydroxylation sites is 1. The van der Waals surface area contributed by atoms with Gasteiger partial charge in [0.1, 0.15) is 4.90 Å². The zero-order chi connectivity index (χ0) is 25.0. The van der Waals surface area contributed by atoms with Crippen LogP contribution in [0.1, 0.15) is 21.5 Å². The van der Waals surface area contributed by atoms with Gasteiger partial charge >= 0.3 is 0 Å². The van der Waals surface area contributed by atoms with E-state index in [0.717, 1.165) is 20.9 Å². The van der Waals surface area contributed by atoms with Crippen LogP contribution in [0.3, 0.4) is 0 Å². The van der Waals surface area contributed by atoms with Crippen molar-refractivity contribution in [2.75, 3.05) is 10.0 Å². The van der Waals surface area contributed by atoms with Crippen molar-refractivity contribution in [3.63, 3.8) is 0 Å². The van der Waals surface area contributed by atoms with E-state index in [1.54, 1.807) is 18.2 Å². The number of amides is 1. The fourth-order valence-electron chi connectivity index (χ4n) is 3.33. The fraction of sp³-hybridized carbons (Fsp3) is 0.0741. The average Bonchev–Trinajstić information content (AvgIpc) is 2.83. The molecule has 0 unspecified atom stereocenters. The summed E-state index contributed by atoms with van der Waals surface area (Å²) in [5.74, 6) is -0.439. The highest BCUT2D eigenvalue weighted by molar-refractivity contribution is 7.99. The molecule has 2 N–H and O–H groups in total. The van der Waals surface area contributed by atoms with Gasteiger partial charge in [0, 0.05) is 21.0 Å². The van der Waals surface area contributed by atoms with E-state index >= 15 is 0 Å². The summed E-state index contributed by atoms with van der Waals surface area (Å²) < 4.78 is 28.7. The Morgan fingerprint density at radius 2 is 1.54 bits per heavy atom. The van der Waals surface area contributed by atoms with Gasteiger partial charge in [-0.3, -0.25) is 9.52 Å². The maximum absolute atomic E-state index is 13.1. The number of carbonyl (C=O) groups excluding carboxylic acids is 1. The van der Waals surface area contributed by atoms with Crippen molar-refractivity contribution >= 4 is 50.7 Å². The van der Waals surface area contributed by atoms with E-state index in [0.29, 0.717) is 11.4 Å². The molecule has 35 heavy (non-hydrogen) atoms. The second-order valence-electron chi connectivity index (χ2n) is 7.92. The van der Waals surface area contributed by atoms with Crippen molar-refractivity contribution in [1.29, 1.82) is 0 Å². The first kappa shape index (κ1) is 24.9. The molecular weight excluding hydrogens is 500 g/mol. The normalized spacial score (nSPS) is 11.2. The van der Waals surface area contributed by atoms with Crippen LogP contribution in [0.15, 0.2) is 106 Å². The molecule has 0 radical (unpaired) electrons. The number of rotatable bonds is 7. The number of carbonyl (C=O) groups is 1. The van der Waals surface area contributed by atoms with Crippen molar-refractivity contribution in [2.45, 2.75) is 28.5 Å². The SMILES string of the molecule is Cc1ccc(NS(=O)(=O)c2cc(C(=O)Nc3ccccc3Sc3ccccc3)ccc2Cl)cc1C. The lowest BCUT2D eigenvalue weighted by atomic mass is 10.1. The fourth-order valence-corrected chi connectivity index (χ4v) is 5.83. The molecular formula is C27H23ClN2O3S2. The predicted octanol–water partition coefficient (Wildman–Crippen LogP) is 7.16. The molecule has 5 nitrogen and oxygen atoms in total. The highest BCUT2D eigenvalue weighted by Crippen LogP contribution is 2.34. The van der Waals surface area contributed by atoms with E-state index in [-0.39, 0.29) is 15.5 Å². The minimum atomic E-state index is -4.02. The van der Waals surface area contributed by atoms with E-state index in [9.17, 15) is 13.2 Å². The summed E-state index contributed by atoms with van der Waals surface area (Å²) >= 11 is 7.75. The lowest BCUT2D eigenvalue weighted by Crippen LogP contribution is -2.17. The molecule has 0 aliphatic heterocycles. The molecule has 0 saturated carbocycles. The number of nitrogens with one attached hydrogen (secondary N) is 2. The number of anilines is 2. The number of aryl methyl sites for hydroxylation is 2. The number of hydrogen-bond donors (Lipinski definition) is 2. The highest BCUT2D eigenvalue weighted by Gasteiger charge is 2.21. The Morgan fingerprint density at radius 3 is 2.29 bits per heavy atom. The molecule has 8 heteroatoms. The van der Waals surface area contributed by atoms with E-state index in [4.69, 9.17) is 11.6 Å². The molecule has 0 aliphatic carbocycles. The van der Waals surface area contributed by atoms with Crippen LogP contribution >= 0.6 is 23.4 Å². The minimum Gasteiger partial charge on any atom is -0.321 e. The Morgan fingerprint density at radius 1 is 0.829 bits per heavy atom. The van der Waals surface area contributed by atoms with Crippen molar-refractivity contribution in [3.8, 4) is 0 Å². The van der Waals surface area contributed by atoms with Crippen molar-refractivity contribution < 1.29 is 13.2 Å². The molecule has 0 fully saturated rings. The third-order valence-corrected chi connectivity index (χ3v) is 8.29. The van der Waals surface area contributed by atoms with Gasteiger partial charge in [-0.15, -0.1) is 0 Å². The maximum Gasteiger partial charge on any atom is 0.263 e. The molecule has 0 spiro atoms. The first-order valence-electron chi connectivity index (χ1n) is 10.8. The lowest BCUT2D eigenvalue weighted by molar-refractivity contribution is 0.102. The van der Waals surface area contributed by atoms with Crippen LogP contribution < -0.4 is 10.0 Å². The number of benzene rings is 4. The monoisotopic (exact) mass is 522 g/mol. The number of hydrogen-bond acceptors (Lipinski definition) is 4. The Kier molecular flexibility index (Phi) is 7.50. The summed E-state index contributed by atoms with van der Waals surface area (Å²) in [6, 6.07) is 26.7. The molecule has 0 aliphatic rings. The Balaban J connectivity index is 1.58. The summed E-state index contributed by atoms with van der Waals surface area (Å²) in [5.41, 5.74) is 3.23. The van der Waals surface area contributed by atoms with Gasteiger partial charge in [0.25, 0.3) is 15.9 Å². The summed E-state index contributed by atoms with van der Waals surface area (Å²) in [6.07, 6.45) is 0. The first-order valence-corrected chi connectivity index (χ1v) is 13.4. The summed E-state index contributed by atoms with van der Waals surface area (Å²) in [4.78, 5) is 14.8. The Bertz CT molecular complexity index is 1490. The molecule has 0 saturated heterocycles. The van der Waals surface area contributed by atoms with Crippen LogP contribution in [0.4, 0.5) is 11.4 Å². The molecule has 0 atom stereocenters. The number of sulfonamides is 1. The van der Waals surface area contributed by atoms with Gasteiger partial charge in [0.05, 0.1) is 10.7 Å². The third-order valence-electron chi connectivity index (χ3n) is 5.35. The van der Waals surface area contributed by atoms with Crippen LogP contribution in [0.25, 0.3) is 0 Å². The summed E-state index contributed by atoms with van der Waals surface area (Å²) in [5, 5.41) is 2.92. The van der Waals surface area contributed by atoms with E-state index in [1.807, 2.05) is 68.4 Å². The lowest BCUT2D eigenvalue weighted by Gasteiger charge is -2.13. The van der Waals surface area contributed by atoms with Crippen LogP contribution in [-0.4, -0.2) is 14.3 Å². The van der Waals surface area contributed by atoms with Gasteiger partial charge in [0.2, 0.25) is 0 Å². The van der Waals surface area contributed by atoms with Gasteiger partial charge in [-0.05, 0) is 79.6 Å². The summed E-state index contributed by atoms with van der Waals surface area (Å²) in [6.45, 7) is 3.85. The van der Waals surface area contributed by atoms with Gasteiger partial charge < -0.3 is 5.32 Å². The van der Waals surface area contributed by atoms with Crippen molar-refractivity contribution in [2.24, 2.45) is 0 Å². The second-order valence-corrected chi connectivity index (χ2v) is 11.1. The molecule has 0 heterocycles. The average molecular weight is 523 g/mol. The largest absolute Gasteiger partial charge is 0.321 e. The standard InChI is InChI=1S/C27H23ClN2O3S2/c1-18-12-14-21(16-19(18)2)30-35(32,33)26-17-20(13-15-23(26)28)27(31)29-24-10-6-7-11-25(24)34-22-8-4-3-5-9-22/h3-17,30H,1-2H3,(H,29,31). The smallest absolute Gasteiger partial charge is 0.263 e. The highest BCUT2D eigenvalue weighted by atomic mass is 35.5. The second kappa shape index (κ2) is 10.6. The molecule has 0 aromatic heterocycles. The van der Waals surface area contributed by atoms with Crippen LogP contribution in [0.5, 0.6) is 0 Å². The zero-order valence-corrected chi connectivity index (χ0v) is 21.5. The quantitative estimate of drug-likeness (QED) is 0.270. The van der Waals surface area contributed by atoms with E-state index < -0.39 is 15.9 Å². The van der Waals surface area contributed by atoms with Crippen molar-refractivity contribution in [1.82, 2.24) is 0 Å². The predicted molar refractivity (Wildman–Crippen MR) is 143 cm³/mol. The molecule has 1 amide bonds. The first-order chi connectivity index (χ1) is 16.7. The molecule has 4 aromatic carbocycles. The van der Waals surface area contributed by atoms with Crippen LogP contribution in [0, 0.1) is 13.8 Å². The zero-order valence-electron chi connectivity index (χ0n) is 19.1. The number of halogens is 1. The van der Waals surface area contributed by atoms with Gasteiger partial charge in [-0.1, -0.05) is 59.8 Å². The van der Waals surface area contributed by atoms with Crippen LogP contribution in [-0.2, 0) is 10.0 Å². The topological polar surface area (TPSA) is 75.3 Å². The van der Waals surface area contributed by atoms with Gasteiger partial charge in [-0.25, -0.2) is 8.42 Å².